The molecule has 184 valence electrons. The highest BCUT2D eigenvalue weighted by molar-refractivity contribution is 8.01. The van der Waals surface area contributed by atoms with Crippen LogP contribution in [-0.2, 0) is 9.53 Å². The van der Waals surface area contributed by atoms with Crippen molar-refractivity contribution < 1.29 is 14.3 Å². The van der Waals surface area contributed by atoms with E-state index in [2.05, 4.69) is 25.9 Å². The van der Waals surface area contributed by atoms with Crippen LogP contribution >= 0.6 is 23.1 Å². The summed E-state index contributed by atoms with van der Waals surface area (Å²) < 4.78 is 7.77. The summed E-state index contributed by atoms with van der Waals surface area (Å²) in [6, 6.07) is 5.50. The Labute approximate surface area is 208 Å². The van der Waals surface area contributed by atoms with Gasteiger partial charge in [-0.1, -0.05) is 61.1 Å². The Hall–Kier alpha value is -2.66. The van der Waals surface area contributed by atoms with Gasteiger partial charge >= 0.3 is 6.09 Å². The highest BCUT2D eigenvalue weighted by Crippen LogP contribution is 2.29. The minimum absolute atomic E-state index is 0.0845. The Morgan fingerprint density at radius 2 is 1.97 bits per heavy atom. The molecule has 0 aliphatic heterocycles. The molecule has 2 N–H and O–H groups in total. The van der Waals surface area contributed by atoms with Gasteiger partial charge in [-0.05, 0) is 52.2 Å². The second-order valence-electron chi connectivity index (χ2n) is 9.29. The summed E-state index contributed by atoms with van der Waals surface area (Å²) in [6.45, 7) is 13.5. The van der Waals surface area contributed by atoms with E-state index in [1.807, 2.05) is 66.7 Å². The van der Waals surface area contributed by atoms with Gasteiger partial charge in [0.1, 0.15) is 5.60 Å². The van der Waals surface area contributed by atoms with E-state index in [0.717, 1.165) is 23.2 Å². The van der Waals surface area contributed by atoms with Crippen LogP contribution < -0.4 is 10.6 Å². The van der Waals surface area contributed by atoms with Crippen LogP contribution in [0.15, 0.2) is 22.5 Å². The molecule has 2 heterocycles. The van der Waals surface area contributed by atoms with Gasteiger partial charge in [0, 0.05) is 5.69 Å². The first-order valence-electron chi connectivity index (χ1n) is 11.2. The number of ether oxygens (including phenoxy) is 1. The molecule has 0 radical (unpaired) electrons. The van der Waals surface area contributed by atoms with Crippen molar-refractivity contribution in [2.75, 3.05) is 11.1 Å². The first-order valence-corrected chi connectivity index (χ1v) is 13.0. The van der Waals surface area contributed by atoms with E-state index in [-0.39, 0.29) is 17.6 Å². The molecule has 34 heavy (non-hydrogen) atoms. The summed E-state index contributed by atoms with van der Waals surface area (Å²) in [5.74, 6) is 0.740. The normalized spacial score (nSPS) is 13.5. The summed E-state index contributed by atoms with van der Waals surface area (Å²) in [7, 11) is 0. The third kappa shape index (κ3) is 6.69. The lowest BCUT2D eigenvalue weighted by atomic mass is 9.99. The molecular weight excluding hydrogens is 472 g/mol. The van der Waals surface area contributed by atoms with Gasteiger partial charge in [0.25, 0.3) is 0 Å². The van der Waals surface area contributed by atoms with Crippen molar-refractivity contribution in [2.24, 2.45) is 5.92 Å². The molecule has 3 rings (SSSR count). The predicted octanol–water partition coefficient (Wildman–Crippen LogP) is 5.15. The molecule has 3 aromatic rings. The van der Waals surface area contributed by atoms with Crippen LogP contribution in [0.1, 0.15) is 64.0 Å². The number of anilines is 1. The monoisotopic (exact) mass is 504 g/mol. The zero-order chi connectivity index (χ0) is 25.0. The van der Waals surface area contributed by atoms with Crippen LogP contribution in [0, 0.1) is 19.8 Å². The van der Waals surface area contributed by atoms with E-state index >= 15 is 0 Å². The third-order valence-corrected chi connectivity index (χ3v) is 7.17. The summed E-state index contributed by atoms with van der Waals surface area (Å²) in [5.41, 5.74) is 2.38. The summed E-state index contributed by atoms with van der Waals surface area (Å²) >= 11 is 2.69. The number of carbonyl (C=O) groups is 2. The highest BCUT2D eigenvalue weighted by atomic mass is 32.2. The number of nitrogens with one attached hydrogen (secondary N) is 2. The second kappa shape index (κ2) is 10.7. The number of hydrogen-bond acceptors (Lipinski definition) is 8. The van der Waals surface area contributed by atoms with Gasteiger partial charge in [0.2, 0.25) is 10.9 Å². The van der Waals surface area contributed by atoms with Gasteiger partial charge in [-0.3, -0.25) is 4.79 Å². The lowest BCUT2D eigenvalue weighted by molar-refractivity contribution is -0.113. The second-order valence-corrected chi connectivity index (χ2v) is 11.5. The molecule has 11 heteroatoms. The lowest BCUT2D eigenvalue weighted by Gasteiger charge is -2.25. The smallest absolute Gasteiger partial charge is 0.408 e. The summed E-state index contributed by atoms with van der Waals surface area (Å²) in [4.78, 5) is 25.5. The van der Waals surface area contributed by atoms with Gasteiger partial charge in [0.05, 0.1) is 11.8 Å². The highest BCUT2D eigenvalue weighted by Gasteiger charge is 2.29. The summed E-state index contributed by atoms with van der Waals surface area (Å²) in [6.07, 6.45) is 0.308. The van der Waals surface area contributed by atoms with Gasteiger partial charge < -0.3 is 15.4 Å². The van der Waals surface area contributed by atoms with E-state index in [4.69, 9.17) is 4.74 Å². The molecular formula is C23H32N6O3S2. The molecule has 0 saturated heterocycles. The Balaban J connectivity index is 1.71. The van der Waals surface area contributed by atoms with Crippen LogP contribution in [0.2, 0.25) is 0 Å². The van der Waals surface area contributed by atoms with Crippen molar-refractivity contribution >= 4 is 45.7 Å². The Bertz CT molecular complexity index is 1170. The maximum absolute atomic E-state index is 12.5. The fraction of sp³-hybridized carbons (Fsp3) is 0.522. The first-order chi connectivity index (χ1) is 16.0. The quantitative estimate of drug-likeness (QED) is 0.408. The van der Waals surface area contributed by atoms with Crippen molar-refractivity contribution in [3.05, 3.63) is 35.2 Å². The standard InChI is InChI=1S/C23H32N6O3S2/c1-8-14(3)18(25-21(31)32-23(5,6)7)19-26-27-20-29(19)28-22(34-20)33-12-17(30)24-16-10-9-13(2)11-15(16)4/h9-11,14,18H,8,12H2,1-7H3,(H,24,30)(H,25,31). The zero-order valence-electron chi connectivity index (χ0n) is 20.6. The van der Waals surface area contributed by atoms with E-state index in [9.17, 15) is 9.59 Å². The number of thioether (sulfide) groups is 1. The predicted molar refractivity (Wildman–Crippen MR) is 135 cm³/mol. The molecule has 2 amide bonds. The molecule has 2 unspecified atom stereocenters. The van der Waals surface area contributed by atoms with E-state index in [0.29, 0.717) is 15.1 Å². The zero-order valence-corrected chi connectivity index (χ0v) is 22.3. The molecule has 0 aliphatic rings. The lowest BCUT2D eigenvalue weighted by Crippen LogP contribution is -2.38. The van der Waals surface area contributed by atoms with Crippen LogP contribution in [0.3, 0.4) is 0 Å². The number of hydrogen-bond donors (Lipinski definition) is 2. The number of carbonyl (C=O) groups excluding carboxylic acids is 2. The van der Waals surface area contributed by atoms with Crippen LogP contribution in [-0.4, -0.2) is 43.2 Å². The van der Waals surface area contributed by atoms with E-state index < -0.39 is 17.7 Å². The molecule has 0 aliphatic carbocycles. The molecule has 0 spiro atoms. The number of aromatic nitrogens is 4. The van der Waals surface area contributed by atoms with Crippen molar-refractivity contribution in [3.63, 3.8) is 0 Å². The molecule has 2 aromatic heterocycles. The number of fused-ring (bicyclic) bond motifs is 1. The van der Waals surface area contributed by atoms with Gasteiger partial charge in [-0.2, -0.15) is 4.52 Å². The maximum atomic E-state index is 12.5. The molecule has 0 fully saturated rings. The van der Waals surface area contributed by atoms with Gasteiger partial charge in [-0.15, -0.1) is 15.3 Å². The van der Waals surface area contributed by atoms with Crippen LogP contribution in [0.25, 0.3) is 4.96 Å². The van der Waals surface area contributed by atoms with Crippen molar-refractivity contribution in [3.8, 4) is 0 Å². The van der Waals surface area contributed by atoms with E-state index in [1.54, 1.807) is 4.52 Å². The molecule has 0 bridgehead atoms. The number of nitrogens with zero attached hydrogens (tertiary/aromatic N) is 4. The SMILES string of the molecule is CCC(C)C(NC(=O)OC(C)(C)C)c1nnc2sc(SCC(=O)Nc3ccc(C)cc3C)nn12. The molecule has 2 atom stereocenters. The molecule has 9 nitrogen and oxygen atoms in total. The number of alkyl carbamates (subject to hydrolysis) is 1. The van der Waals surface area contributed by atoms with Gasteiger partial charge in [0.15, 0.2) is 10.2 Å². The fourth-order valence-electron chi connectivity index (χ4n) is 3.27. The Kier molecular flexibility index (Phi) is 8.19. The minimum Gasteiger partial charge on any atom is -0.444 e. The maximum Gasteiger partial charge on any atom is 0.408 e. The summed E-state index contributed by atoms with van der Waals surface area (Å²) in [5, 5.41) is 19.0. The Morgan fingerprint density at radius 1 is 1.24 bits per heavy atom. The van der Waals surface area contributed by atoms with Crippen molar-refractivity contribution in [1.29, 1.82) is 0 Å². The largest absolute Gasteiger partial charge is 0.444 e. The number of aryl methyl sites for hydroxylation is 2. The van der Waals surface area contributed by atoms with Crippen LogP contribution in [0.5, 0.6) is 0 Å². The minimum atomic E-state index is -0.605. The third-order valence-electron chi connectivity index (χ3n) is 5.14. The van der Waals surface area contributed by atoms with E-state index in [1.165, 1.54) is 23.1 Å². The van der Waals surface area contributed by atoms with Crippen molar-refractivity contribution in [2.45, 2.75) is 70.9 Å². The van der Waals surface area contributed by atoms with Crippen molar-refractivity contribution in [1.82, 2.24) is 25.1 Å². The van der Waals surface area contributed by atoms with Crippen LogP contribution in [0.4, 0.5) is 10.5 Å². The molecule has 0 saturated carbocycles. The topological polar surface area (TPSA) is 111 Å². The number of amides is 2. The number of rotatable bonds is 8. The Morgan fingerprint density at radius 3 is 2.62 bits per heavy atom. The first kappa shape index (κ1) is 26.0. The fourth-order valence-corrected chi connectivity index (χ4v) is 4.95. The van der Waals surface area contributed by atoms with Gasteiger partial charge in [-0.25, -0.2) is 4.79 Å². The molecule has 1 aromatic carbocycles. The number of benzene rings is 1. The average molecular weight is 505 g/mol. The average Bonchev–Trinajstić information content (AvgIpc) is 3.31.